The van der Waals surface area contributed by atoms with Crippen LogP contribution in [0, 0.1) is 20.8 Å². The predicted molar refractivity (Wildman–Crippen MR) is 80.9 cm³/mol. The quantitative estimate of drug-likeness (QED) is 0.823. The molecule has 0 radical (unpaired) electrons. The van der Waals surface area contributed by atoms with Gasteiger partial charge in [-0.1, -0.05) is 12.1 Å². The monoisotopic (exact) mass is 273 g/mol. The van der Waals surface area contributed by atoms with E-state index in [4.69, 9.17) is 10.5 Å². The third-order valence-electron chi connectivity index (χ3n) is 3.69. The second kappa shape index (κ2) is 6.57. The highest BCUT2D eigenvalue weighted by Gasteiger charge is 2.06. The van der Waals surface area contributed by atoms with Gasteiger partial charge in [-0.3, -0.25) is 4.68 Å². The van der Waals surface area contributed by atoms with Crippen molar-refractivity contribution in [2.75, 3.05) is 6.61 Å². The van der Waals surface area contributed by atoms with E-state index in [1.165, 1.54) is 11.3 Å². The molecule has 0 aliphatic rings. The minimum Gasteiger partial charge on any atom is -0.494 e. The number of hydrogen-bond donors (Lipinski definition) is 1. The van der Waals surface area contributed by atoms with Crippen molar-refractivity contribution >= 4 is 0 Å². The molecular weight excluding hydrogens is 250 g/mol. The molecule has 2 rings (SSSR count). The van der Waals surface area contributed by atoms with E-state index in [1.54, 1.807) is 0 Å². The number of benzene rings is 1. The zero-order valence-corrected chi connectivity index (χ0v) is 12.5. The van der Waals surface area contributed by atoms with Crippen LogP contribution in [0.25, 0.3) is 0 Å². The number of aromatic nitrogens is 2. The molecule has 20 heavy (non-hydrogen) atoms. The Labute approximate surface area is 120 Å². The number of rotatable bonds is 6. The van der Waals surface area contributed by atoms with Crippen molar-refractivity contribution in [3.05, 3.63) is 46.8 Å². The molecule has 4 nitrogen and oxygen atoms in total. The van der Waals surface area contributed by atoms with Crippen LogP contribution in [0.5, 0.6) is 5.75 Å². The standard InChI is InChI=1S/C16H23N3O/c1-12-13(2)18-19(14(12)3)9-4-10-20-16-7-5-15(11-17)6-8-16/h5-8H,4,9-11,17H2,1-3H3. The fraction of sp³-hybridized carbons (Fsp3) is 0.438. The minimum absolute atomic E-state index is 0.567. The molecule has 108 valence electrons. The average molecular weight is 273 g/mol. The van der Waals surface area contributed by atoms with Crippen LogP contribution in [-0.2, 0) is 13.1 Å². The zero-order chi connectivity index (χ0) is 14.5. The van der Waals surface area contributed by atoms with Gasteiger partial charge < -0.3 is 10.5 Å². The van der Waals surface area contributed by atoms with Gasteiger partial charge in [0.15, 0.2) is 0 Å². The van der Waals surface area contributed by atoms with Gasteiger partial charge in [0, 0.05) is 25.2 Å². The Kier molecular flexibility index (Phi) is 4.79. The van der Waals surface area contributed by atoms with Gasteiger partial charge in [-0.2, -0.15) is 5.10 Å². The number of aryl methyl sites for hydroxylation is 2. The predicted octanol–water partition coefficient (Wildman–Crippen LogP) is 2.74. The van der Waals surface area contributed by atoms with Gasteiger partial charge in [0.1, 0.15) is 5.75 Å². The Balaban J connectivity index is 1.79. The molecule has 0 spiro atoms. The summed E-state index contributed by atoms with van der Waals surface area (Å²) in [5.74, 6) is 0.895. The van der Waals surface area contributed by atoms with Crippen molar-refractivity contribution in [2.24, 2.45) is 5.73 Å². The molecule has 1 aromatic heterocycles. The topological polar surface area (TPSA) is 53.1 Å². The molecule has 0 saturated heterocycles. The summed E-state index contributed by atoms with van der Waals surface area (Å²) in [6, 6.07) is 7.94. The van der Waals surface area contributed by atoms with Crippen molar-refractivity contribution in [3.63, 3.8) is 0 Å². The van der Waals surface area contributed by atoms with Gasteiger partial charge in [0.25, 0.3) is 0 Å². The van der Waals surface area contributed by atoms with Gasteiger partial charge in [0.2, 0.25) is 0 Å². The van der Waals surface area contributed by atoms with Crippen LogP contribution >= 0.6 is 0 Å². The smallest absolute Gasteiger partial charge is 0.119 e. The number of nitrogens with zero attached hydrogens (tertiary/aromatic N) is 2. The maximum Gasteiger partial charge on any atom is 0.119 e. The summed E-state index contributed by atoms with van der Waals surface area (Å²) in [5, 5.41) is 4.52. The third kappa shape index (κ3) is 3.39. The first-order chi connectivity index (χ1) is 9.61. The highest BCUT2D eigenvalue weighted by molar-refractivity contribution is 5.27. The zero-order valence-electron chi connectivity index (χ0n) is 12.5. The highest BCUT2D eigenvalue weighted by Crippen LogP contribution is 2.13. The van der Waals surface area contributed by atoms with Crippen LogP contribution in [0.3, 0.4) is 0 Å². The third-order valence-corrected chi connectivity index (χ3v) is 3.69. The van der Waals surface area contributed by atoms with Crippen LogP contribution in [0.4, 0.5) is 0 Å². The van der Waals surface area contributed by atoms with E-state index in [-0.39, 0.29) is 0 Å². The van der Waals surface area contributed by atoms with E-state index < -0.39 is 0 Å². The number of ether oxygens (including phenoxy) is 1. The molecule has 0 saturated carbocycles. The maximum atomic E-state index is 5.72. The Morgan fingerprint density at radius 3 is 2.40 bits per heavy atom. The molecule has 0 bridgehead atoms. The summed E-state index contributed by atoms with van der Waals surface area (Å²) >= 11 is 0. The molecule has 1 heterocycles. The van der Waals surface area contributed by atoms with E-state index in [2.05, 4.69) is 23.6 Å². The highest BCUT2D eigenvalue weighted by atomic mass is 16.5. The molecular formula is C16H23N3O. The van der Waals surface area contributed by atoms with E-state index in [9.17, 15) is 0 Å². The largest absolute Gasteiger partial charge is 0.494 e. The van der Waals surface area contributed by atoms with Crippen molar-refractivity contribution < 1.29 is 4.74 Å². The Morgan fingerprint density at radius 2 is 1.85 bits per heavy atom. The lowest BCUT2D eigenvalue weighted by atomic mass is 10.2. The first kappa shape index (κ1) is 14.6. The molecule has 4 heteroatoms. The van der Waals surface area contributed by atoms with Crippen LogP contribution in [0.15, 0.2) is 24.3 Å². The lowest BCUT2D eigenvalue weighted by Crippen LogP contribution is -2.07. The molecule has 1 aromatic carbocycles. The van der Waals surface area contributed by atoms with E-state index >= 15 is 0 Å². The van der Waals surface area contributed by atoms with Gasteiger partial charge in [-0.25, -0.2) is 0 Å². The van der Waals surface area contributed by atoms with Gasteiger partial charge in [-0.15, -0.1) is 0 Å². The van der Waals surface area contributed by atoms with Crippen molar-refractivity contribution in [1.29, 1.82) is 0 Å². The minimum atomic E-state index is 0.567. The first-order valence-corrected chi connectivity index (χ1v) is 7.04. The van der Waals surface area contributed by atoms with Crippen LogP contribution in [-0.4, -0.2) is 16.4 Å². The summed E-state index contributed by atoms with van der Waals surface area (Å²) in [6.45, 7) is 8.43. The molecule has 0 amide bonds. The summed E-state index contributed by atoms with van der Waals surface area (Å²) < 4.78 is 7.78. The van der Waals surface area contributed by atoms with Gasteiger partial charge in [0.05, 0.1) is 12.3 Å². The molecule has 0 aliphatic heterocycles. The van der Waals surface area contributed by atoms with E-state index in [1.807, 2.05) is 31.2 Å². The van der Waals surface area contributed by atoms with Crippen molar-refractivity contribution in [3.8, 4) is 5.75 Å². The summed E-state index contributed by atoms with van der Waals surface area (Å²) in [4.78, 5) is 0. The van der Waals surface area contributed by atoms with Crippen LogP contribution < -0.4 is 10.5 Å². The molecule has 0 atom stereocenters. The second-order valence-electron chi connectivity index (χ2n) is 5.07. The molecule has 2 N–H and O–H groups in total. The van der Waals surface area contributed by atoms with Crippen LogP contribution in [0.1, 0.15) is 28.9 Å². The SMILES string of the molecule is Cc1nn(CCCOc2ccc(CN)cc2)c(C)c1C. The Morgan fingerprint density at radius 1 is 1.15 bits per heavy atom. The number of nitrogens with two attached hydrogens (primary N) is 1. The number of hydrogen-bond acceptors (Lipinski definition) is 3. The molecule has 2 aromatic rings. The average Bonchev–Trinajstić information content (AvgIpc) is 2.71. The molecule has 0 fully saturated rings. The van der Waals surface area contributed by atoms with Crippen molar-refractivity contribution in [1.82, 2.24) is 9.78 Å². The maximum absolute atomic E-state index is 5.72. The summed E-state index contributed by atoms with van der Waals surface area (Å²) in [5.41, 5.74) is 10.3. The lowest BCUT2D eigenvalue weighted by molar-refractivity contribution is 0.298. The fourth-order valence-corrected chi connectivity index (χ4v) is 2.13. The van der Waals surface area contributed by atoms with Gasteiger partial charge >= 0.3 is 0 Å². The van der Waals surface area contributed by atoms with Gasteiger partial charge in [-0.05, 0) is 44.0 Å². The molecule has 0 aliphatic carbocycles. The normalized spacial score (nSPS) is 10.8. The lowest BCUT2D eigenvalue weighted by Gasteiger charge is -2.08. The van der Waals surface area contributed by atoms with Crippen LogP contribution in [0.2, 0.25) is 0 Å². The fourth-order valence-electron chi connectivity index (χ4n) is 2.13. The Hall–Kier alpha value is -1.81. The van der Waals surface area contributed by atoms with E-state index in [0.717, 1.165) is 30.0 Å². The van der Waals surface area contributed by atoms with E-state index in [0.29, 0.717) is 13.2 Å². The first-order valence-electron chi connectivity index (χ1n) is 7.04. The second-order valence-corrected chi connectivity index (χ2v) is 5.07. The summed E-state index contributed by atoms with van der Waals surface area (Å²) in [7, 11) is 0. The Bertz CT molecular complexity index is 558. The van der Waals surface area contributed by atoms with Crippen molar-refractivity contribution in [2.45, 2.75) is 40.3 Å². The molecule has 0 unspecified atom stereocenters. The summed E-state index contributed by atoms with van der Waals surface area (Å²) in [6.07, 6.45) is 0.944.